The van der Waals surface area contributed by atoms with Crippen molar-refractivity contribution >= 4 is 23.6 Å². The van der Waals surface area contributed by atoms with Gasteiger partial charge in [-0.25, -0.2) is 9.48 Å². The summed E-state index contributed by atoms with van der Waals surface area (Å²) in [6, 6.07) is 1.57. The maximum atomic E-state index is 11.7. The lowest BCUT2D eigenvalue weighted by atomic mass is 10.2. The molecule has 3 N–H and O–H groups in total. The molecule has 1 aliphatic rings. The summed E-state index contributed by atoms with van der Waals surface area (Å²) in [5.41, 5.74) is 0.633. The molecule has 1 aromatic rings. The fourth-order valence-corrected chi connectivity index (χ4v) is 2.16. The molecule has 0 saturated carbocycles. The van der Waals surface area contributed by atoms with Crippen LogP contribution in [0.4, 0.5) is 5.82 Å². The van der Waals surface area contributed by atoms with Crippen molar-refractivity contribution in [3.63, 3.8) is 0 Å². The molecular formula is C13H19N5O4. The average Bonchev–Trinajstić information content (AvgIpc) is 2.78. The summed E-state index contributed by atoms with van der Waals surface area (Å²) in [4.78, 5) is 34.8. The third-order valence-corrected chi connectivity index (χ3v) is 3.04. The van der Waals surface area contributed by atoms with Gasteiger partial charge >= 0.3 is 11.9 Å². The average molecular weight is 309 g/mol. The zero-order valence-corrected chi connectivity index (χ0v) is 12.7. The Labute approximate surface area is 127 Å². The van der Waals surface area contributed by atoms with Gasteiger partial charge in [0.25, 0.3) is 0 Å². The molecule has 0 spiro atoms. The molecule has 2 amide bonds. The number of esters is 1. The quantitative estimate of drug-likeness (QED) is 0.519. The Balaban J connectivity index is 2.18. The molecule has 9 heteroatoms. The van der Waals surface area contributed by atoms with Gasteiger partial charge in [-0.2, -0.15) is 5.10 Å². The Kier molecular flexibility index (Phi) is 4.76. The van der Waals surface area contributed by atoms with E-state index in [-0.39, 0.29) is 18.6 Å². The smallest absolute Gasteiger partial charge is 0.397 e. The van der Waals surface area contributed by atoms with Crippen LogP contribution in [0.5, 0.6) is 0 Å². The predicted molar refractivity (Wildman–Crippen MR) is 76.6 cm³/mol. The fraction of sp³-hybridized carbons (Fsp3) is 0.538. The number of carbonyl (C=O) groups is 3. The van der Waals surface area contributed by atoms with Gasteiger partial charge in [0.15, 0.2) is 6.29 Å². The zero-order chi connectivity index (χ0) is 16.3. The number of ether oxygens (including phenoxy) is 1. The van der Waals surface area contributed by atoms with Gasteiger partial charge in [-0.05, 0) is 20.8 Å². The number of carbonyl (C=O) groups excluding carboxylic acids is 3. The topological polar surface area (TPSA) is 114 Å². The highest BCUT2D eigenvalue weighted by molar-refractivity contribution is 6.37. The Morgan fingerprint density at radius 1 is 1.55 bits per heavy atom. The SMILES string of the molecule is CCOC(=O)C(=O)Nc1cc(C)nn1C1NC(=O)CC(C)N1. The Morgan fingerprint density at radius 2 is 2.27 bits per heavy atom. The van der Waals surface area contributed by atoms with E-state index < -0.39 is 18.2 Å². The van der Waals surface area contributed by atoms with Gasteiger partial charge < -0.3 is 15.4 Å². The zero-order valence-electron chi connectivity index (χ0n) is 12.7. The Hall–Kier alpha value is -2.42. The number of anilines is 1. The predicted octanol–water partition coefficient (Wildman–Crippen LogP) is -0.353. The monoisotopic (exact) mass is 309 g/mol. The molecular weight excluding hydrogens is 290 g/mol. The molecule has 9 nitrogen and oxygen atoms in total. The normalized spacial score (nSPS) is 21.1. The van der Waals surface area contributed by atoms with Crippen LogP contribution in [0.2, 0.25) is 0 Å². The van der Waals surface area contributed by atoms with Crippen LogP contribution >= 0.6 is 0 Å². The molecule has 0 aromatic carbocycles. The van der Waals surface area contributed by atoms with Gasteiger partial charge in [0, 0.05) is 18.5 Å². The second-order valence-corrected chi connectivity index (χ2v) is 5.03. The highest BCUT2D eigenvalue weighted by Gasteiger charge is 2.27. The summed E-state index contributed by atoms with van der Waals surface area (Å²) in [6.45, 7) is 5.34. The number of aryl methyl sites for hydroxylation is 1. The molecule has 0 bridgehead atoms. The van der Waals surface area contributed by atoms with E-state index in [4.69, 9.17) is 0 Å². The molecule has 1 aromatic heterocycles. The molecule has 2 rings (SSSR count). The minimum absolute atomic E-state index is 0.0307. The summed E-state index contributed by atoms with van der Waals surface area (Å²) < 4.78 is 6.05. The molecule has 1 aliphatic heterocycles. The standard InChI is InChI=1S/C13H19N5O4/c1-4-22-12(21)11(20)15-9-5-8(3)17-18(9)13-14-7(2)6-10(19)16-13/h5,7,13-14H,4,6H2,1-3H3,(H,15,20)(H,16,19). The van der Waals surface area contributed by atoms with Crippen molar-refractivity contribution in [1.29, 1.82) is 0 Å². The lowest BCUT2D eigenvalue weighted by Crippen LogP contribution is -2.52. The summed E-state index contributed by atoms with van der Waals surface area (Å²) in [6.07, 6.45) is -0.233. The van der Waals surface area contributed by atoms with E-state index in [0.717, 1.165) is 0 Å². The molecule has 2 unspecified atom stereocenters. The van der Waals surface area contributed by atoms with Crippen LogP contribution in [0.1, 0.15) is 32.3 Å². The van der Waals surface area contributed by atoms with Gasteiger partial charge in [0.1, 0.15) is 5.82 Å². The first-order valence-corrected chi connectivity index (χ1v) is 7.00. The second kappa shape index (κ2) is 6.56. The summed E-state index contributed by atoms with van der Waals surface area (Å²) in [5.74, 6) is -1.69. The van der Waals surface area contributed by atoms with Crippen LogP contribution in [0, 0.1) is 6.92 Å². The van der Waals surface area contributed by atoms with E-state index in [1.165, 1.54) is 4.68 Å². The maximum absolute atomic E-state index is 11.7. The lowest BCUT2D eigenvalue weighted by molar-refractivity contribution is -0.152. The lowest BCUT2D eigenvalue weighted by Gasteiger charge is -2.30. The third-order valence-electron chi connectivity index (χ3n) is 3.04. The van der Waals surface area contributed by atoms with E-state index in [0.29, 0.717) is 17.9 Å². The first-order valence-electron chi connectivity index (χ1n) is 7.00. The van der Waals surface area contributed by atoms with Crippen molar-refractivity contribution in [2.45, 2.75) is 39.5 Å². The van der Waals surface area contributed by atoms with Gasteiger partial charge in [-0.1, -0.05) is 0 Å². The first-order chi connectivity index (χ1) is 10.4. The molecule has 22 heavy (non-hydrogen) atoms. The number of aromatic nitrogens is 2. The summed E-state index contributed by atoms with van der Waals surface area (Å²) in [5, 5.41) is 12.5. The van der Waals surface area contributed by atoms with Gasteiger partial charge in [-0.15, -0.1) is 0 Å². The van der Waals surface area contributed by atoms with E-state index in [1.807, 2.05) is 6.92 Å². The molecule has 1 saturated heterocycles. The fourth-order valence-electron chi connectivity index (χ4n) is 2.16. The summed E-state index contributed by atoms with van der Waals surface area (Å²) >= 11 is 0. The van der Waals surface area contributed by atoms with Crippen molar-refractivity contribution in [2.24, 2.45) is 0 Å². The highest BCUT2D eigenvalue weighted by Crippen LogP contribution is 2.17. The van der Waals surface area contributed by atoms with Crippen LogP contribution in [-0.4, -0.2) is 40.2 Å². The van der Waals surface area contributed by atoms with E-state index in [2.05, 4.69) is 25.8 Å². The van der Waals surface area contributed by atoms with E-state index in [1.54, 1.807) is 19.9 Å². The first kappa shape index (κ1) is 16.0. The van der Waals surface area contributed by atoms with Crippen LogP contribution < -0.4 is 16.0 Å². The van der Waals surface area contributed by atoms with E-state index in [9.17, 15) is 14.4 Å². The third kappa shape index (κ3) is 3.61. The van der Waals surface area contributed by atoms with Crippen molar-refractivity contribution in [1.82, 2.24) is 20.4 Å². The molecule has 2 heterocycles. The second-order valence-electron chi connectivity index (χ2n) is 5.03. The van der Waals surface area contributed by atoms with Crippen LogP contribution in [0.3, 0.4) is 0 Å². The number of rotatable bonds is 3. The number of amides is 2. The minimum atomic E-state index is -0.970. The van der Waals surface area contributed by atoms with Crippen molar-refractivity contribution in [3.05, 3.63) is 11.8 Å². The number of hydrogen-bond donors (Lipinski definition) is 3. The highest BCUT2D eigenvalue weighted by atomic mass is 16.5. The number of nitrogens with one attached hydrogen (secondary N) is 3. The molecule has 1 fully saturated rings. The van der Waals surface area contributed by atoms with Crippen LogP contribution in [0.15, 0.2) is 6.07 Å². The van der Waals surface area contributed by atoms with Crippen LogP contribution in [-0.2, 0) is 19.1 Å². The van der Waals surface area contributed by atoms with Crippen molar-refractivity contribution < 1.29 is 19.1 Å². The maximum Gasteiger partial charge on any atom is 0.397 e. The van der Waals surface area contributed by atoms with Gasteiger partial charge in [0.05, 0.1) is 12.3 Å². The Bertz CT molecular complexity index is 597. The largest absolute Gasteiger partial charge is 0.459 e. The van der Waals surface area contributed by atoms with Crippen molar-refractivity contribution in [2.75, 3.05) is 11.9 Å². The van der Waals surface area contributed by atoms with Gasteiger partial charge in [-0.3, -0.25) is 14.9 Å². The molecule has 2 atom stereocenters. The minimum Gasteiger partial charge on any atom is -0.459 e. The Morgan fingerprint density at radius 3 is 2.91 bits per heavy atom. The molecule has 0 aliphatic carbocycles. The van der Waals surface area contributed by atoms with E-state index >= 15 is 0 Å². The van der Waals surface area contributed by atoms with Crippen LogP contribution in [0.25, 0.3) is 0 Å². The molecule has 120 valence electrons. The molecule has 0 radical (unpaired) electrons. The van der Waals surface area contributed by atoms with Crippen molar-refractivity contribution in [3.8, 4) is 0 Å². The number of nitrogens with zero attached hydrogens (tertiary/aromatic N) is 2. The number of hydrogen-bond acceptors (Lipinski definition) is 6. The summed E-state index contributed by atoms with van der Waals surface area (Å²) in [7, 11) is 0. The van der Waals surface area contributed by atoms with Gasteiger partial charge in [0.2, 0.25) is 5.91 Å².